The molecule has 2 aromatic rings. The van der Waals surface area contributed by atoms with Crippen LogP contribution in [0, 0.1) is 0 Å². The van der Waals surface area contributed by atoms with Crippen molar-refractivity contribution in [1.82, 2.24) is 15.3 Å². The van der Waals surface area contributed by atoms with Gasteiger partial charge in [-0.2, -0.15) is 0 Å². The zero-order chi connectivity index (χ0) is 15.2. The van der Waals surface area contributed by atoms with E-state index in [0.29, 0.717) is 18.5 Å². The van der Waals surface area contributed by atoms with Gasteiger partial charge in [-0.3, -0.25) is 9.00 Å². The summed E-state index contributed by atoms with van der Waals surface area (Å²) in [5.74, 6) is -0.314. The van der Waals surface area contributed by atoms with Gasteiger partial charge in [0.25, 0.3) is 5.91 Å². The number of nitrogens with one attached hydrogen (secondary N) is 3. The summed E-state index contributed by atoms with van der Waals surface area (Å²) in [7, 11) is 0. The van der Waals surface area contributed by atoms with Gasteiger partial charge in [0, 0.05) is 41.7 Å². The molecule has 0 aliphatic heterocycles. The molecule has 112 valence electrons. The largest absolute Gasteiger partial charge is 0.755 e. The third-order valence-electron chi connectivity index (χ3n) is 2.66. The lowest BCUT2D eigenvalue weighted by molar-refractivity contribution is 0.0954. The monoisotopic (exact) mass is 327 g/mol. The molecule has 2 rings (SSSR count). The summed E-state index contributed by atoms with van der Waals surface area (Å²) in [6.45, 7) is 0.430. The van der Waals surface area contributed by atoms with E-state index in [1.165, 1.54) is 18.2 Å². The van der Waals surface area contributed by atoms with Crippen molar-refractivity contribution in [2.24, 2.45) is 0 Å². The van der Waals surface area contributed by atoms with Crippen LogP contribution in [-0.2, 0) is 17.7 Å². The zero-order valence-corrected chi connectivity index (χ0v) is 12.3. The van der Waals surface area contributed by atoms with Crippen molar-refractivity contribution in [2.45, 2.75) is 6.42 Å². The van der Waals surface area contributed by atoms with E-state index >= 15 is 0 Å². The van der Waals surface area contributed by atoms with Crippen LogP contribution in [0.2, 0.25) is 5.02 Å². The molecule has 21 heavy (non-hydrogen) atoms. The van der Waals surface area contributed by atoms with Gasteiger partial charge in [-0.25, -0.2) is 4.98 Å². The summed E-state index contributed by atoms with van der Waals surface area (Å²) in [6.07, 6.45) is 3.87. The fraction of sp³-hybridized carbons (Fsp3) is 0.167. The molecule has 1 unspecified atom stereocenters. The molecule has 0 radical (unpaired) electrons. The molecule has 3 N–H and O–H groups in total. The minimum absolute atomic E-state index is 0.159. The Balaban J connectivity index is 1.96. The summed E-state index contributed by atoms with van der Waals surface area (Å²) in [5, 5.41) is 2.94. The molecule has 1 amide bonds. The number of benzene rings is 1. The highest BCUT2D eigenvalue weighted by Gasteiger charge is 2.09. The summed E-state index contributed by atoms with van der Waals surface area (Å²) < 4.78 is 23.4. The highest BCUT2D eigenvalue weighted by atomic mass is 35.5. The number of rotatable bonds is 6. The van der Waals surface area contributed by atoms with E-state index in [-0.39, 0.29) is 16.6 Å². The van der Waals surface area contributed by atoms with Crippen LogP contribution in [0.1, 0.15) is 16.1 Å². The Hall–Kier alpha value is -1.90. The molecule has 0 aliphatic carbocycles. The minimum Gasteiger partial charge on any atom is -0.755 e. The first-order chi connectivity index (χ1) is 10.1. The van der Waals surface area contributed by atoms with Crippen molar-refractivity contribution in [3.8, 4) is 0 Å². The van der Waals surface area contributed by atoms with Gasteiger partial charge in [-0.1, -0.05) is 11.6 Å². The van der Waals surface area contributed by atoms with Gasteiger partial charge >= 0.3 is 0 Å². The number of anilines is 1. The SMILES string of the molecule is O=C(NCCc1cnc[nH]1)c1ccc(Cl)c(NS(=O)[O-])c1. The van der Waals surface area contributed by atoms with Gasteiger partial charge < -0.3 is 19.6 Å². The standard InChI is InChI=1S/C12H13ClN4O3S/c13-10-2-1-8(5-11(10)17-21(19)20)12(18)15-4-3-9-6-14-7-16-9/h1-2,5-7,17H,3-4H2,(H,14,16)(H,15,18)(H,19,20)/p-1. The number of nitrogens with zero attached hydrogens (tertiary/aromatic N) is 1. The van der Waals surface area contributed by atoms with Crippen molar-refractivity contribution in [1.29, 1.82) is 0 Å². The summed E-state index contributed by atoms with van der Waals surface area (Å²) in [5.41, 5.74) is 1.39. The van der Waals surface area contributed by atoms with Crippen LogP contribution in [0.4, 0.5) is 5.69 Å². The van der Waals surface area contributed by atoms with Crippen LogP contribution in [0.3, 0.4) is 0 Å². The number of carbonyl (C=O) groups excluding carboxylic acids is 1. The van der Waals surface area contributed by atoms with Gasteiger partial charge in [0.05, 0.1) is 17.0 Å². The van der Waals surface area contributed by atoms with Crippen LogP contribution in [0.15, 0.2) is 30.7 Å². The quantitative estimate of drug-likeness (QED) is 0.693. The number of H-pyrrole nitrogens is 1. The van der Waals surface area contributed by atoms with Crippen molar-refractivity contribution in [3.63, 3.8) is 0 Å². The fourth-order valence-electron chi connectivity index (χ4n) is 1.67. The Bertz CT molecular complexity index is 648. The Morgan fingerprint density at radius 1 is 1.48 bits per heavy atom. The second-order valence-electron chi connectivity index (χ2n) is 4.11. The third kappa shape index (κ3) is 4.55. The van der Waals surface area contributed by atoms with Crippen LogP contribution in [0.25, 0.3) is 0 Å². The molecular formula is C12H12ClN4O3S-. The Morgan fingerprint density at radius 2 is 2.29 bits per heavy atom. The zero-order valence-electron chi connectivity index (χ0n) is 10.8. The van der Waals surface area contributed by atoms with Crippen LogP contribution in [-0.4, -0.2) is 31.2 Å². The Morgan fingerprint density at radius 3 is 2.95 bits per heavy atom. The molecule has 0 fully saturated rings. The summed E-state index contributed by atoms with van der Waals surface area (Å²) in [6, 6.07) is 4.36. The summed E-state index contributed by atoms with van der Waals surface area (Å²) in [4.78, 5) is 18.8. The van der Waals surface area contributed by atoms with Gasteiger partial charge in [-0.15, -0.1) is 0 Å². The van der Waals surface area contributed by atoms with E-state index in [9.17, 15) is 13.6 Å². The van der Waals surface area contributed by atoms with Crippen molar-refractivity contribution in [3.05, 3.63) is 47.0 Å². The normalized spacial score (nSPS) is 11.9. The number of aromatic nitrogens is 2. The Labute approximate surface area is 128 Å². The number of imidazole rings is 1. The van der Waals surface area contributed by atoms with E-state index in [2.05, 4.69) is 20.0 Å². The van der Waals surface area contributed by atoms with Gasteiger partial charge in [-0.05, 0) is 18.2 Å². The molecule has 7 nitrogen and oxygen atoms in total. The number of hydrogen-bond acceptors (Lipinski definition) is 4. The molecule has 1 heterocycles. The minimum atomic E-state index is -2.50. The molecule has 0 bridgehead atoms. The number of aromatic amines is 1. The van der Waals surface area contributed by atoms with Gasteiger partial charge in [0.15, 0.2) is 0 Å². The van der Waals surface area contributed by atoms with Gasteiger partial charge in [0.1, 0.15) is 0 Å². The first-order valence-electron chi connectivity index (χ1n) is 5.97. The molecule has 0 aliphatic rings. The molecule has 0 saturated carbocycles. The Kier molecular flexibility index (Phi) is 5.32. The smallest absolute Gasteiger partial charge is 0.251 e. The second kappa shape index (κ2) is 7.21. The molecule has 9 heteroatoms. The maximum absolute atomic E-state index is 12.0. The van der Waals surface area contributed by atoms with Crippen molar-refractivity contribution in [2.75, 3.05) is 11.3 Å². The summed E-state index contributed by atoms with van der Waals surface area (Å²) >= 11 is 3.34. The molecular weight excluding hydrogens is 316 g/mol. The molecule has 1 aromatic heterocycles. The first-order valence-corrected chi connectivity index (χ1v) is 7.42. The van der Waals surface area contributed by atoms with Crippen LogP contribution >= 0.6 is 11.6 Å². The molecule has 0 spiro atoms. The maximum Gasteiger partial charge on any atom is 0.251 e. The van der Waals surface area contributed by atoms with Gasteiger partial charge in [0.2, 0.25) is 0 Å². The predicted octanol–water partition coefficient (Wildman–Crippen LogP) is 1.24. The lowest BCUT2D eigenvalue weighted by Crippen LogP contribution is -2.25. The number of hydrogen-bond donors (Lipinski definition) is 3. The van der Waals surface area contributed by atoms with Crippen LogP contribution in [0.5, 0.6) is 0 Å². The maximum atomic E-state index is 12.0. The topological polar surface area (TPSA) is 110 Å². The van der Waals surface area contributed by atoms with Crippen LogP contribution < -0.4 is 10.0 Å². The van der Waals surface area contributed by atoms with Crippen molar-refractivity contribution >= 4 is 34.5 Å². The van der Waals surface area contributed by atoms with E-state index in [1.54, 1.807) is 12.5 Å². The average Bonchev–Trinajstić information content (AvgIpc) is 2.94. The third-order valence-corrected chi connectivity index (χ3v) is 3.37. The second-order valence-corrected chi connectivity index (χ2v) is 5.19. The predicted molar refractivity (Wildman–Crippen MR) is 78.6 cm³/mol. The van der Waals surface area contributed by atoms with E-state index in [4.69, 9.17) is 11.6 Å². The number of halogens is 1. The highest BCUT2D eigenvalue weighted by Crippen LogP contribution is 2.23. The fourth-order valence-corrected chi connectivity index (χ4v) is 2.24. The lowest BCUT2D eigenvalue weighted by Gasteiger charge is -2.12. The number of carbonyl (C=O) groups is 1. The van der Waals surface area contributed by atoms with E-state index < -0.39 is 11.3 Å². The van der Waals surface area contributed by atoms with E-state index in [0.717, 1.165) is 5.69 Å². The van der Waals surface area contributed by atoms with E-state index in [1.807, 2.05) is 0 Å². The van der Waals surface area contributed by atoms with Crippen molar-refractivity contribution < 1.29 is 13.6 Å². The average molecular weight is 328 g/mol. The lowest BCUT2D eigenvalue weighted by atomic mass is 10.2. The molecule has 1 aromatic carbocycles. The molecule has 1 atom stereocenters. The first kappa shape index (κ1) is 15.5. The number of amides is 1. The molecule has 0 saturated heterocycles. The highest BCUT2D eigenvalue weighted by molar-refractivity contribution is 7.80.